The van der Waals surface area contributed by atoms with Crippen LogP contribution < -0.4 is 5.32 Å². The van der Waals surface area contributed by atoms with Crippen molar-refractivity contribution in [1.82, 2.24) is 9.88 Å². The van der Waals surface area contributed by atoms with Gasteiger partial charge in [0.2, 0.25) is 11.8 Å². The first-order valence-electron chi connectivity index (χ1n) is 8.97. The SMILES string of the molecule is CCC1SC(=S)N(CCCC(=O)Nc2ncc(Cc3ccc(F)cc3)s2)C1=O. The molecule has 1 aromatic carbocycles. The quantitative estimate of drug-likeness (QED) is 0.626. The standard InChI is InChI=1S/C19H20FN3O2S3/c1-2-15-17(25)23(19(26)28-15)9-3-4-16(24)22-18-21-11-14(27-18)10-12-5-7-13(20)8-6-12/h5-8,11,15H,2-4,9-10H2,1H3,(H,21,22,24). The molecule has 0 spiro atoms. The maximum Gasteiger partial charge on any atom is 0.241 e. The molecular weight excluding hydrogens is 417 g/mol. The average molecular weight is 438 g/mol. The Morgan fingerprint density at radius 3 is 2.79 bits per heavy atom. The largest absolute Gasteiger partial charge is 0.302 e. The summed E-state index contributed by atoms with van der Waals surface area (Å²) in [4.78, 5) is 31.1. The average Bonchev–Trinajstić information content (AvgIpc) is 3.21. The molecule has 1 N–H and O–H groups in total. The van der Waals surface area contributed by atoms with Crippen LogP contribution in [0.15, 0.2) is 30.5 Å². The molecule has 0 saturated carbocycles. The molecule has 1 aliphatic heterocycles. The molecule has 5 nitrogen and oxygen atoms in total. The zero-order chi connectivity index (χ0) is 20.1. The van der Waals surface area contributed by atoms with E-state index in [4.69, 9.17) is 12.2 Å². The fraction of sp³-hybridized carbons (Fsp3) is 0.368. The Morgan fingerprint density at radius 1 is 1.36 bits per heavy atom. The first-order valence-corrected chi connectivity index (χ1v) is 11.1. The summed E-state index contributed by atoms with van der Waals surface area (Å²) in [5.74, 6) is -0.357. The fourth-order valence-corrected chi connectivity index (χ4v) is 5.13. The van der Waals surface area contributed by atoms with Crippen LogP contribution in [-0.4, -0.2) is 37.8 Å². The Hall–Kier alpha value is -1.84. The number of carbonyl (C=O) groups is 2. The van der Waals surface area contributed by atoms with Gasteiger partial charge in [-0.15, -0.1) is 11.3 Å². The third-order valence-electron chi connectivity index (χ3n) is 4.25. The molecule has 1 saturated heterocycles. The zero-order valence-electron chi connectivity index (χ0n) is 15.3. The van der Waals surface area contributed by atoms with E-state index in [0.29, 0.717) is 35.3 Å². The molecule has 3 rings (SSSR count). The van der Waals surface area contributed by atoms with Gasteiger partial charge in [0.1, 0.15) is 10.1 Å². The van der Waals surface area contributed by atoms with Crippen LogP contribution in [0.4, 0.5) is 9.52 Å². The van der Waals surface area contributed by atoms with Crippen molar-refractivity contribution >= 4 is 56.6 Å². The number of hydrogen-bond donors (Lipinski definition) is 1. The van der Waals surface area contributed by atoms with E-state index in [-0.39, 0.29) is 22.9 Å². The molecule has 1 unspecified atom stereocenters. The van der Waals surface area contributed by atoms with Gasteiger partial charge in [-0.1, -0.05) is 43.0 Å². The molecule has 0 aliphatic carbocycles. The minimum Gasteiger partial charge on any atom is -0.302 e. The predicted octanol–water partition coefficient (Wildman–Crippen LogP) is 4.23. The Morgan fingerprint density at radius 2 is 2.11 bits per heavy atom. The second-order valence-corrected chi connectivity index (χ2v) is 9.31. The molecule has 2 heterocycles. The van der Waals surface area contributed by atoms with Crippen LogP contribution in [0.1, 0.15) is 36.6 Å². The van der Waals surface area contributed by atoms with Gasteiger partial charge in [0.25, 0.3) is 0 Å². The number of thiazole rings is 1. The first-order chi connectivity index (χ1) is 13.5. The summed E-state index contributed by atoms with van der Waals surface area (Å²) in [6, 6.07) is 6.33. The maximum absolute atomic E-state index is 13.0. The summed E-state index contributed by atoms with van der Waals surface area (Å²) in [6.07, 6.45) is 3.94. The molecule has 0 radical (unpaired) electrons. The molecule has 0 bridgehead atoms. The van der Waals surface area contributed by atoms with Crippen LogP contribution in [0.3, 0.4) is 0 Å². The van der Waals surface area contributed by atoms with E-state index in [1.807, 2.05) is 6.92 Å². The lowest BCUT2D eigenvalue weighted by atomic mass is 10.1. The highest BCUT2D eigenvalue weighted by Crippen LogP contribution is 2.29. The Balaban J connectivity index is 1.44. The van der Waals surface area contributed by atoms with Gasteiger partial charge in [-0.3, -0.25) is 14.5 Å². The number of halogens is 1. The number of thioether (sulfide) groups is 1. The molecule has 2 aromatic rings. The number of hydrogen-bond acceptors (Lipinski definition) is 6. The third-order valence-corrected chi connectivity index (χ3v) is 6.92. The summed E-state index contributed by atoms with van der Waals surface area (Å²) in [5, 5.41) is 3.24. The molecule has 1 aliphatic rings. The van der Waals surface area contributed by atoms with Crippen molar-refractivity contribution in [2.24, 2.45) is 0 Å². The van der Waals surface area contributed by atoms with E-state index in [0.717, 1.165) is 16.9 Å². The van der Waals surface area contributed by atoms with E-state index >= 15 is 0 Å². The highest BCUT2D eigenvalue weighted by atomic mass is 32.2. The monoisotopic (exact) mass is 437 g/mol. The van der Waals surface area contributed by atoms with E-state index < -0.39 is 0 Å². The van der Waals surface area contributed by atoms with Crippen molar-refractivity contribution in [3.8, 4) is 0 Å². The topological polar surface area (TPSA) is 62.3 Å². The molecule has 148 valence electrons. The number of anilines is 1. The van der Waals surface area contributed by atoms with Crippen molar-refractivity contribution < 1.29 is 14.0 Å². The lowest BCUT2D eigenvalue weighted by molar-refractivity contribution is -0.126. The van der Waals surface area contributed by atoms with E-state index in [2.05, 4.69) is 10.3 Å². The van der Waals surface area contributed by atoms with Crippen molar-refractivity contribution in [1.29, 1.82) is 0 Å². The lowest BCUT2D eigenvalue weighted by Crippen LogP contribution is -2.32. The zero-order valence-corrected chi connectivity index (χ0v) is 17.8. The number of carbonyl (C=O) groups excluding carboxylic acids is 2. The number of amides is 2. The maximum atomic E-state index is 13.0. The lowest BCUT2D eigenvalue weighted by Gasteiger charge is -2.14. The number of rotatable bonds is 8. The minimum atomic E-state index is -0.263. The first kappa shape index (κ1) is 20.9. The number of nitrogens with one attached hydrogen (secondary N) is 1. The summed E-state index contributed by atoms with van der Waals surface area (Å²) in [5.41, 5.74) is 0.984. The van der Waals surface area contributed by atoms with Crippen LogP contribution in [-0.2, 0) is 16.0 Å². The van der Waals surface area contributed by atoms with E-state index in [1.165, 1.54) is 35.2 Å². The molecule has 2 amide bonds. The number of aromatic nitrogens is 1. The Labute approximate surface area is 176 Å². The van der Waals surface area contributed by atoms with E-state index in [9.17, 15) is 14.0 Å². The third kappa shape index (κ3) is 5.36. The Kier molecular flexibility index (Phi) is 7.14. The predicted molar refractivity (Wildman–Crippen MR) is 115 cm³/mol. The van der Waals surface area contributed by atoms with Crippen LogP contribution >= 0.6 is 35.3 Å². The summed E-state index contributed by atoms with van der Waals surface area (Å²) < 4.78 is 13.6. The second kappa shape index (κ2) is 9.58. The van der Waals surface area contributed by atoms with Gasteiger partial charge in [-0.25, -0.2) is 9.37 Å². The van der Waals surface area contributed by atoms with Crippen molar-refractivity contribution in [2.75, 3.05) is 11.9 Å². The summed E-state index contributed by atoms with van der Waals surface area (Å²) in [6.45, 7) is 2.43. The summed E-state index contributed by atoms with van der Waals surface area (Å²) in [7, 11) is 0. The van der Waals surface area contributed by atoms with Gasteiger partial charge in [0, 0.05) is 30.5 Å². The fourth-order valence-electron chi connectivity index (χ4n) is 2.79. The summed E-state index contributed by atoms with van der Waals surface area (Å²) >= 11 is 8.07. The van der Waals surface area contributed by atoms with Crippen LogP contribution in [0.25, 0.3) is 0 Å². The van der Waals surface area contributed by atoms with Gasteiger partial charge in [-0.2, -0.15) is 0 Å². The van der Waals surface area contributed by atoms with E-state index in [1.54, 1.807) is 23.2 Å². The minimum absolute atomic E-state index is 0.0447. The van der Waals surface area contributed by atoms with Crippen molar-refractivity contribution in [3.63, 3.8) is 0 Å². The number of benzene rings is 1. The van der Waals surface area contributed by atoms with Crippen LogP contribution in [0, 0.1) is 5.82 Å². The normalized spacial score (nSPS) is 16.6. The smallest absolute Gasteiger partial charge is 0.241 e. The molecular formula is C19H20FN3O2S3. The number of thiocarbonyl (C=S) groups is 1. The molecule has 1 aromatic heterocycles. The van der Waals surface area contributed by atoms with Gasteiger partial charge >= 0.3 is 0 Å². The molecule has 1 fully saturated rings. The Bertz CT molecular complexity index is 870. The van der Waals surface area contributed by atoms with Crippen LogP contribution in [0.2, 0.25) is 0 Å². The van der Waals surface area contributed by atoms with Gasteiger partial charge in [0.05, 0.1) is 5.25 Å². The second-order valence-electron chi connectivity index (χ2n) is 6.36. The van der Waals surface area contributed by atoms with Gasteiger partial charge in [0.15, 0.2) is 5.13 Å². The molecule has 9 heteroatoms. The van der Waals surface area contributed by atoms with Crippen LogP contribution in [0.5, 0.6) is 0 Å². The molecule has 28 heavy (non-hydrogen) atoms. The van der Waals surface area contributed by atoms with Crippen molar-refractivity contribution in [3.05, 3.63) is 46.7 Å². The number of nitrogens with zero attached hydrogens (tertiary/aromatic N) is 2. The highest BCUT2D eigenvalue weighted by molar-refractivity contribution is 8.24. The highest BCUT2D eigenvalue weighted by Gasteiger charge is 2.35. The van der Waals surface area contributed by atoms with Gasteiger partial charge in [-0.05, 0) is 30.5 Å². The van der Waals surface area contributed by atoms with Gasteiger partial charge < -0.3 is 5.32 Å². The molecule has 1 atom stereocenters. The van der Waals surface area contributed by atoms with Crippen molar-refractivity contribution in [2.45, 2.75) is 37.9 Å².